The van der Waals surface area contributed by atoms with Crippen LogP contribution in [0.1, 0.15) is 26.7 Å². The van der Waals surface area contributed by atoms with E-state index in [9.17, 15) is 4.39 Å². The first-order chi connectivity index (χ1) is 5.68. The summed E-state index contributed by atoms with van der Waals surface area (Å²) in [6, 6.07) is 0. The highest BCUT2D eigenvalue weighted by Gasteiger charge is 2.49. The molecule has 0 spiro atoms. The van der Waals surface area contributed by atoms with Gasteiger partial charge in [0.05, 0.1) is 5.54 Å². The molecule has 2 aliphatic rings. The Labute approximate surface area is 73.2 Å². The SMILES string of the molecule is CC(C)C12CCCN1CC=C2F. The molecule has 1 saturated heterocycles. The van der Waals surface area contributed by atoms with Crippen LogP contribution in [0.3, 0.4) is 0 Å². The van der Waals surface area contributed by atoms with Gasteiger partial charge >= 0.3 is 0 Å². The summed E-state index contributed by atoms with van der Waals surface area (Å²) in [6.07, 6.45) is 3.91. The average molecular weight is 169 g/mol. The molecule has 2 aliphatic heterocycles. The fourth-order valence-corrected chi connectivity index (χ4v) is 2.72. The first-order valence-corrected chi connectivity index (χ1v) is 4.79. The van der Waals surface area contributed by atoms with Crippen LogP contribution in [0.25, 0.3) is 0 Å². The number of rotatable bonds is 1. The van der Waals surface area contributed by atoms with Crippen molar-refractivity contribution in [2.24, 2.45) is 5.92 Å². The zero-order valence-electron chi connectivity index (χ0n) is 7.81. The van der Waals surface area contributed by atoms with Gasteiger partial charge in [-0.15, -0.1) is 0 Å². The molecular formula is C10H16FN. The van der Waals surface area contributed by atoms with Gasteiger partial charge < -0.3 is 0 Å². The quantitative estimate of drug-likeness (QED) is 0.582. The van der Waals surface area contributed by atoms with Gasteiger partial charge in [-0.3, -0.25) is 4.90 Å². The highest BCUT2D eigenvalue weighted by Crippen LogP contribution is 2.45. The van der Waals surface area contributed by atoms with Gasteiger partial charge in [-0.05, 0) is 31.4 Å². The third-order valence-electron chi connectivity index (χ3n) is 3.41. The molecule has 0 bridgehead atoms. The number of fused-ring (bicyclic) bond motifs is 1. The predicted octanol–water partition coefficient (Wildman–Crippen LogP) is 2.34. The van der Waals surface area contributed by atoms with E-state index >= 15 is 0 Å². The normalized spacial score (nSPS) is 35.8. The highest BCUT2D eigenvalue weighted by atomic mass is 19.1. The van der Waals surface area contributed by atoms with E-state index in [1.807, 2.05) is 0 Å². The third kappa shape index (κ3) is 0.817. The fourth-order valence-electron chi connectivity index (χ4n) is 2.72. The molecule has 1 fully saturated rings. The van der Waals surface area contributed by atoms with E-state index in [1.165, 1.54) is 0 Å². The van der Waals surface area contributed by atoms with Gasteiger partial charge in [0.25, 0.3) is 0 Å². The molecular weight excluding hydrogens is 153 g/mol. The van der Waals surface area contributed by atoms with Gasteiger partial charge in [0, 0.05) is 6.54 Å². The molecule has 0 aromatic rings. The Kier molecular flexibility index (Phi) is 1.76. The van der Waals surface area contributed by atoms with Gasteiger partial charge in [-0.25, -0.2) is 4.39 Å². The molecule has 1 unspecified atom stereocenters. The minimum Gasteiger partial charge on any atom is -0.288 e. The first-order valence-electron chi connectivity index (χ1n) is 4.79. The molecule has 12 heavy (non-hydrogen) atoms. The van der Waals surface area contributed by atoms with Crippen molar-refractivity contribution in [1.82, 2.24) is 4.90 Å². The molecule has 0 aromatic carbocycles. The minimum absolute atomic E-state index is 0.120. The van der Waals surface area contributed by atoms with Gasteiger partial charge in [-0.1, -0.05) is 13.8 Å². The lowest BCUT2D eigenvalue weighted by molar-refractivity contribution is 0.134. The molecule has 2 rings (SSSR count). The average Bonchev–Trinajstić information content (AvgIpc) is 2.52. The molecule has 0 aliphatic carbocycles. The second-order valence-electron chi connectivity index (χ2n) is 4.18. The summed E-state index contributed by atoms with van der Waals surface area (Å²) in [5.74, 6) is 0.522. The van der Waals surface area contributed by atoms with Crippen LogP contribution < -0.4 is 0 Å². The molecule has 1 nitrogen and oxygen atoms in total. The number of halogens is 1. The van der Waals surface area contributed by atoms with Crippen molar-refractivity contribution in [2.45, 2.75) is 32.2 Å². The summed E-state index contributed by atoms with van der Waals surface area (Å²) in [5, 5.41) is 0. The van der Waals surface area contributed by atoms with E-state index < -0.39 is 0 Å². The van der Waals surface area contributed by atoms with Crippen LogP contribution in [0, 0.1) is 5.92 Å². The summed E-state index contributed by atoms with van der Waals surface area (Å²) in [6.45, 7) is 6.14. The summed E-state index contributed by atoms with van der Waals surface area (Å²) >= 11 is 0. The minimum atomic E-state index is -0.208. The lowest BCUT2D eigenvalue weighted by atomic mass is 9.84. The smallest absolute Gasteiger partial charge is 0.118 e. The van der Waals surface area contributed by atoms with Crippen LogP contribution in [0.2, 0.25) is 0 Å². The monoisotopic (exact) mass is 169 g/mol. The summed E-state index contributed by atoms with van der Waals surface area (Å²) < 4.78 is 13.6. The summed E-state index contributed by atoms with van der Waals surface area (Å²) in [5.41, 5.74) is -0.208. The molecule has 0 radical (unpaired) electrons. The number of hydrogen-bond acceptors (Lipinski definition) is 1. The Morgan fingerprint density at radius 2 is 2.33 bits per heavy atom. The Balaban J connectivity index is 2.34. The van der Waals surface area contributed by atoms with Gasteiger partial charge in [0.2, 0.25) is 0 Å². The third-order valence-corrected chi connectivity index (χ3v) is 3.41. The topological polar surface area (TPSA) is 3.24 Å². The van der Waals surface area contributed by atoms with E-state index in [0.717, 1.165) is 25.9 Å². The van der Waals surface area contributed by atoms with Crippen LogP contribution in [0.15, 0.2) is 11.9 Å². The van der Waals surface area contributed by atoms with Crippen LogP contribution in [0.4, 0.5) is 4.39 Å². The van der Waals surface area contributed by atoms with Crippen LogP contribution >= 0.6 is 0 Å². The van der Waals surface area contributed by atoms with E-state index in [4.69, 9.17) is 0 Å². The Hall–Kier alpha value is -0.370. The number of hydrogen-bond donors (Lipinski definition) is 0. The van der Waals surface area contributed by atoms with E-state index in [-0.39, 0.29) is 11.4 Å². The van der Waals surface area contributed by atoms with Crippen molar-refractivity contribution >= 4 is 0 Å². The van der Waals surface area contributed by atoms with E-state index in [1.54, 1.807) is 6.08 Å². The van der Waals surface area contributed by atoms with E-state index in [0.29, 0.717) is 5.92 Å². The van der Waals surface area contributed by atoms with Crippen LogP contribution in [-0.2, 0) is 0 Å². The van der Waals surface area contributed by atoms with Crippen molar-refractivity contribution in [3.63, 3.8) is 0 Å². The summed E-state index contributed by atoms with van der Waals surface area (Å²) in [4.78, 5) is 2.28. The number of nitrogens with zero attached hydrogens (tertiary/aromatic N) is 1. The van der Waals surface area contributed by atoms with Crippen molar-refractivity contribution < 1.29 is 4.39 Å². The van der Waals surface area contributed by atoms with Gasteiger partial charge in [0.15, 0.2) is 0 Å². The maximum Gasteiger partial charge on any atom is 0.118 e. The summed E-state index contributed by atoms with van der Waals surface area (Å²) in [7, 11) is 0. The fraction of sp³-hybridized carbons (Fsp3) is 0.800. The van der Waals surface area contributed by atoms with Gasteiger partial charge in [-0.2, -0.15) is 0 Å². The second-order valence-corrected chi connectivity index (χ2v) is 4.18. The molecule has 2 heterocycles. The lowest BCUT2D eigenvalue weighted by Gasteiger charge is -2.36. The maximum atomic E-state index is 13.6. The van der Waals surface area contributed by atoms with Gasteiger partial charge in [0.1, 0.15) is 5.83 Å². The molecule has 1 atom stereocenters. The van der Waals surface area contributed by atoms with Crippen molar-refractivity contribution in [3.8, 4) is 0 Å². The van der Waals surface area contributed by atoms with Crippen molar-refractivity contribution in [3.05, 3.63) is 11.9 Å². The Morgan fingerprint density at radius 1 is 1.58 bits per heavy atom. The zero-order valence-corrected chi connectivity index (χ0v) is 7.81. The highest BCUT2D eigenvalue weighted by molar-refractivity contribution is 5.24. The standard InChI is InChI=1S/C10H16FN/c1-8(2)10-5-3-6-12(10)7-4-9(10)11/h4,8H,3,5-7H2,1-2H3. The largest absolute Gasteiger partial charge is 0.288 e. The van der Waals surface area contributed by atoms with E-state index in [2.05, 4.69) is 18.7 Å². The molecule has 0 saturated carbocycles. The Bertz CT molecular complexity index is 222. The molecule has 2 heteroatoms. The van der Waals surface area contributed by atoms with Crippen molar-refractivity contribution in [2.75, 3.05) is 13.1 Å². The lowest BCUT2D eigenvalue weighted by Crippen LogP contribution is -2.44. The molecule has 68 valence electrons. The second kappa shape index (κ2) is 2.56. The van der Waals surface area contributed by atoms with Crippen LogP contribution in [0.5, 0.6) is 0 Å². The first kappa shape index (κ1) is 8.24. The molecule has 0 N–H and O–H groups in total. The maximum absolute atomic E-state index is 13.6. The molecule has 0 aromatic heterocycles. The Morgan fingerprint density at radius 3 is 2.92 bits per heavy atom. The van der Waals surface area contributed by atoms with Crippen LogP contribution in [-0.4, -0.2) is 23.5 Å². The zero-order chi connectivity index (χ0) is 8.77. The predicted molar refractivity (Wildman–Crippen MR) is 47.6 cm³/mol. The molecule has 0 amide bonds. The van der Waals surface area contributed by atoms with Crippen molar-refractivity contribution in [1.29, 1.82) is 0 Å².